The van der Waals surface area contributed by atoms with Crippen LogP contribution in [0, 0.1) is 0 Å². The summed E-state index contributed by atoms with van der Waals surface area (Å²) in [4.78, 5) is 38.3. The second-order valence-corrected chi connectivity index (χ2v) is 8.12. The standard InChI is InChI=1S/C23H26N2O5/c1-23(2,3)30-20(26)14-25-12-11-17-13-18(9-10-19(17)21(25)27)24-22(28)29-15-16-7-5-4-6-8-16/h4-10,13H,11-12,14-15H2,1-3H3,(H,24,28). The Labute approximate surface area is 176 Å². The Bertz CT molecular complexity index is 934. The summed E-state index contributed by atoms with van der Waals surface area (Å²) < 4.78 is 10.5. The van der Waals surface area contributed by atoms with Crippen LogP contribution >= 0.6 is 0 Å². The molecule has 0 fully saturated rings. The van der Waals surface area contributed by atoms with Gasteiger partial charge in [0, 0.05) is 17.8 Å². The van der Waals surface area contributed by atoms with Crippen LogP contribution in [0.3, 0.4) is 0 Å². The van der Waals surface area contributed by atoms with Crippen molar-refractivity contribution in [3.63, 3.8) is 0 Å². The smallest absolute Gasteiger partial charge is 0.411 e. The molecule has 7 nitrogen and oxygen atoms in total. The first-order valence-electron chi connectivity index (χ1n) is 9.83. The zero-order chi connectivity index (χ0) is 21.7. The van der Waals surface area contributed by atoms with E-state index < -0.39 is 17.7 Å². The molecular formula is C23H26N2O5. The van der Waals surface area contributed by atoms with Crippen LogP contribution in [-0.4, -0.2) is 41.6 Å². The molecule has 1 heterocycles. The van der Waals surface area contributed by atoms with Crippen LogP contribution in [0.2, 0.25) is 0 Å². The van der Waals surface area contributed by atoms with E-state index in [9.17, 15) is 14.4 Å². The monoisotopic (exact) mass is 410 g/mol. The molecule has 0 atom stereocenters. The first-order valence-corrected chi connectivity index (χ1v) is 9.83. The third-order valence-corrected chi connectivity index (χ3v) is 4.47. The molecule has 1 N–H and O–H groups in total. The molecule has 0 bridgehead atoms. The Morgan fingerprint density at radius 1 is 1.10 bits per heavy atom. The molecule has 3 rings (SSSR count). The van der Waals surface area contributed by atoms with Crippen molar-refractivity contribution >= 4 is 23.7 Å². The molecular weight excluding hydrogens is 384 g/mol. The summed E-state index contributed by atoms with van der Waals surface area (Å²) in [7, 11) is 0. The van der Waals surface area contributed by atoms with Gasteiger partial charge in [-0.3, -0.25) is 14.9 Å². The average Bonchev–Trinajstić information content (AvgIpc) is 2.68. The van der Waals surface area contributed by atoms with Crippen molar-refractivity contribution in [2.24, 2.45) is 0 Å². The molecule has 0 radical (unpaired) electrons. The third-order valence-electron chi connectivity index (χ3n) is 4.47. The molecule has 0 saturated carbocycles. The highest BCUT2D eigenvalue weighted by molar-refractivity contribution is 5.99. The zero-order valence-corrected chi connectivity index (χ0v) is 17.4. The van der Waals surface area contributed by atoms with Gasteiger partial charge in [0.15, 0.2) is 0 Å². The lowest BCUT2D eigenvalue weighted by Gasteiger charge is -2.29. The Kier molecular flexibility index (Phi) is 6.40. The maximum absolute atomic E-state index is 12.7. The number of carbonyl (C=O) groups excluding carboxylic acids is 3. The molecule has 0 aliphatic carbocycles. The molecule has 1 aliphatic rings. The van der Waals surface area contributed by atoms with E-state index in [0.717, 1.165) is 11.1 Å². The Balaban J connectivity index is 1.58. The van der Waals surface area contributed by atoms with Crippen molar-refractivity contribution < 1.29 is 23.9 Å². The second-order valence-electron chi connectivity index (χ2n) is 8.12. The number of carbonyl (C=O) groups is 3. The van der Waals surface area contributed by atoms with Gasteiger partial charge in [-0.2, -0.15) is 0 Å². The number of esters is 1. The van der Waals surface area contributed by atoms with Gasteiger partial charge < -0.3 is 14.4 Å². The fraction of sp³-hybridized carbons (Fsp3) is 0.348. The largest absolute Gasteiger partial charge is 0.459 e. The number of amides is 2. The fourth-order valence-electron chi connectivity index (χ4n) is 3.17. The molecule has 0 aromatic heterocycles. The minimum atomic E-state index is -0.594. The van der Waals surface area contributed by atoms with Crippen molar-refractivity contribution in [2.45, 2.75) is 39.4 Å². The van der Waals surface area contributed by atoms with Crippen LogP contribution in [0.1, 0.15) is 42.3 Å². The summed E-state index contributed by atoms with van der Waals surface area (Å²) in [5, 5.41) is 2.69. The van der Waals surface area contributed by atoms with E-state index in [1.807, 2.05) is 30.3 Å². The minimum Gasteiger partial charge on any atom is -0.459 e. The van der Waals surface area contributed by atoms with Crippen molar-refractivity contribution in [1.29, 1.82) is 0 Å². The number of anilines is 1. The van der Waals surface area contributed by atoms with Crippen LogP contribution in [0.15, 0.2) is 48.5 Å². The number of nitrogens with one attached hydrogen (secondary N) is 1. The molecule has 30 heavy (non-hydrogen) atoms. The number of nitrogens with zero attached hydrogens (tertiary/aromatic N) is 1. The van der Waals surface area contributed by atoms with Gasteiger partial charge >= 0.3 is 12.1 Å². The SMILES string of the molecule is CC(C)(C)OC(=O)CN1CCc2cc(NC(=O)OCc3ccccc3)ccc2C1=O. The van der Waals surface area contributed by atoms with Crippen LogP contribution in [0.4, 0.5) is 10.5 Å². The number of fused-ring (bicyclic) bond motifs is 1. The zero-order valence-electron chi connectivity index (χ0n) is 17.4. The highest BCUT2D eigenvalue weighted by atomic mass is 16.6. The summed E-state index contributed by atoms with van der Waals surface area (Å²) in [6.45, 7) is 5.87. The molecule has 1 aliphatic heterocycles. The summed E-state index contributed by atoms with van der Waals surface area (Å²) in [6, 6.07) is 14.5. The van der Waals surface area contributed by atoms with Gasteiger partial charge in [0.2, 0.25) is 0 Å². The molecule has 158 valence electrons. The van der Waals surface area contributed by atoms with Gasteiger partial charge in [0.1, 0.15) is 18.8 Å². The first-order chi connectivity index (χ1) is 14.2. The molecule has 0 spiro atoms. The number of hydrogen-bond donors (Lipinski definition) is 1. The quantitative estimate of drug-likeness (QED) is 0.759. The minimum absolute atomic E-state index is 0.0820. The molecule has 7 heteroatoms. The lowest BCUT2D eigenvalue weighted by molar-refractivity contribution is -0.155. The number of benzene rings is 2. The van der Waals surface area contributed by atoms with Crippen molar-refractivity contribution in [2.75, 3.05) is 18.4 Å². The van der Waals surface area contributed by atoms with Gasteiger partial charge in [-0.25, -0.2) is 4.79 Å². The van der Waals surface area contributed by atoms with Gasteiger partial charge in [0.05, 0.1) is 0 Å². The molecule has 0 unspecified atom stereocenters. The maximum atomic E-state index is 12.7. The van der Waals surface area contributed by atoms with E-state index >= 15 is 0 Å². The highest BCUT2D eigenvalue weighted by Gasteiger charge is 2.28. The highest BCUT2D eigenvalue weighted by Crippen LogP contribution is 2.23. The average molecular weight is 410 g/mol. The molecule has 2 aromatic carbocycles. The van der Waals surface area contributed by atoms with Gasteiger partial charge in [-0.05, 0) is 56.5 Å². The topological polar surface area (TPSA) is 84.9 Å². The predicted octanol–water partition coefficient (Wildman–Crippen LogP) is 3.78. The Morgan fingerprint density at radius 3 is 2.53 bits per heavy atom. The molecule has 2 amide bonds. The molecule has 0 saturated heterocycles. The number of ether oxygens (including phenoxy) is 2. The predicted molar refractivity (Wildman–Crippen MR) is 112 cm³/mol. The van der Waals surface area contributed by atoms with E-state index in [4.69, 9.17) is 9.47 Å². The maximum Gasteiger partial charge on any atom is 0.411 e. The number of hydrogen-bond acceptors (Lipinski definition) is 5. The summed E-state index contributed by atoms with van der Waals surface area (Å²) in [6.07, 6.45) is 0.0193. The van der Waals surface area contributed by atoms with Crippen molar-refractivity contribution in [1.82, 2.24) is 4.90 Å². The van der Waals surface area contributed by atoms with Gasteiger partial charge in [0.25, 0.3) is 5.91 Å². The summed E-state index contributed by atoms with van der Waals surface area (Å²) in [5.41, 5.74) is 2.20. The lowest BCUT2D eigenvalue weighted by atomic mass is 9.98. The summed E-state index contributed by atoms with van der Waals surface area (Å²) in [5.74, 6) is -0.654. The normalized spacial score (nSPS) is 13.4. The second kappa shape index (κ2) is 8.98. The fourth-order valence-corrected chi connectivity index (χ4v) is 3.17. The van der Waals surface area contributed by atoms with E-state index in [-0.39, 0.29) is 19.1 Å². The summed E-state index contributed by atoms with van der Waals surface area (Å²) >= 11 is 0. The number of rotatable bonds is 5. The van der Waals surface area contributed by atoms with Crippen LogP contribution in [-0.2, 0) is 27.3 Å². The molecule has 2 aromatic rings. The van der Waals surface area contributed by atoms with Crippen molar-refractivity contribution in [3.05, 3.63) is 65.2 Å². The Hall–Kier alpha value is -3.35. The Morgan fingerprint density at radius 2 is 1.83 bits per heavy atom. The van der Waals surface area contributed by atoms with Crippen molar-refractivity contribution in [3.8, 4) is 0 Å². The van der Waals surface area contributed by atoms with Gasteiger partial charge in [-0.1, -0.05) is 30.3 Å². The van der Waals surface area contributed by atoms with E-state index in [1.165, 1.54) is 4.90 Å². The third kappa shape index (κ3) is 5.83. The van der Waals surface area contributed by atoms with Crippen LogP contribution in [0.25, 0.3) is 0 Å². The van der Waals surface area contributed by atoms with Gasteiger partial charge in [-0.15, -0.1) is 0 Å². The van der Waals surface area contributed by atoms with Crippen LogP contribution < -0.4 is 5.32 Å². The lowest BCUT2D eigenvalue weighted by Crippen LogP contribution is -2.42. The van der Waals surface area contributed by atoms with Crippen LogP contribution in [0.5, 0.6) is 0 Å². The first kappa shape index (κ1) is 21.4. The van der Waals surface area contributed by atoms with E-state index in [1.54, 1.807) is 39.0 Å². The van der Waals surface area contributed by atoms with E-state index in [2.05, 4.69) is 5.32 Å². The van der Waals surface area contributed by atoms with E-state index in [0.29, 0.717) is 24.2 Å².